The third kappa shape index (κ3) is 3.36. The van der Waals surface area contributed by atoms with Gasteiger partial charge in [-0.1, -0.05) is 13.0 Å². The first kappa shape index (κ1) is 13.6. The van der Waals surface area contributed by atoms with Gasteiger partial charge in [0.25, 0.3) is 0 Å². The van der Waals surface area contributed by atoms with E-state index in [1.54, 1.807) is 19.0 Å². The highest BCUT2D eigenvalue weighted by Gasteiger charge is 2.27. The van der Waals surface area contributed by atoms with Crippen LogP contribution in [0.2, 0.25) is 0 Å². The van der Waals surface area contributed by atoms with Crippen LogP contribution < -0.4 is 0 Å². The number of hydrogen-bond acceptors (Lipinski definition) is 7. The molecule has 2 aliphatic rings. The molecule has 2 rings (SSSR count). The first-order valence-electron chi connectivity index (χ1n) is 6.58. The van der Waals surface area contributed by atoms with Crippen LogP contribution in [0.5, 0.6) is 0 Å². The topological polar surface area (TPSA) is 66.7 Å². The van der Waals surface area contributed by atoms with Crippen molar-refractivity contribution in [3.05, 3.63) is 12.4 Å². The van der Waals surface area contributed by atoms with Crippen molar-refractivity contribution >= 4 is 6.16 Å². The lowest BCUT2D eigenvalue weighted by Crippen LogP contribution is -2.40. The zero-order valence-electron chi connectivity index (χ0n) is 11.4. The largest absolute Gasteiger partial charge is 0.510 e. The first-order valence-corrected chi connectivity index (χ1v) is 6.58. The summed E-state index contributed by atoms with van der Waals surface area (Å²) < 4.78 is 10.5. The van der Waals surface area contributed by atoms with E-state index in [1.807, 2.05) is 0 Å². The van der Waals surface area contributed by atoms with Crippen molar-refractivity contribution in [2.75, 3.05) is 7.05 Å². The fraction of sp³-hybridized carbons (Fsp3) is 0.750. The van der Waals surface area contributed by atoms with Crippen LogP contribution in [-0.2, 0) is 9.47 Å². The number of nitrogens with zero attached hydrogens (tertiary/aromatic N) is 4. The Bertz CT molecular complexity index is 379. The number of carbonyl (C=O) groups excluding carboxylic acids is 1. The summed E-state index contributed by atoms with van der Waals surface area (Å²) in [5.74, 6) is 0.496. The van der Waals surface area contributed by atoms with E-state index in [1.165, 1.54) is 11.5 Å². The van der Waals surface area contributed by atoms with E-state index in [2.05, 4.69) is 16.9 Å². The van der Waals surface area contributed by atoms with Crippen LogP contribution in [0.15, 0.2) is 22.7 Å². The molecule has 0 N–H and O–H groups in total. The predicted octanol–water partition coefficient (Wildman–Crippen LogP) is 2.82. The molecule has 7 heteroatoms. The fourth-order valence-electron chi connectivity index (χ4n) is 2.19. The maximum Gasteiger partial charge on any atom is 0.510 e. The second kappa shape index (κ2) is 5.90. The van der Waals surface area contributed by atoms with Crippen molar-refractivity contribution < 1.29 is 14.3 Å². The fourth-order valence-corrected chi connectivity index (χ4v) is 2.19. The van der Waals surface area contributed by atoms with Crippen molar-refractivity contribution in [3.8, 4) is 0 Å². The van der Waals surface area contributed by atoms with Gasteiger partial charge in [-0.2, -0.15) is 0 Å². The minimum atomic E-state index is -0.652. The SMILES string of the molecule is C=C1N=NN(C(C)OC(=O)OC2CCCCC2)N1C. The summed E-state index contributed by atoms with van der Waals surface area (Å²) in [5, 5.41) is 10.7. The molecule has 1 aliphatic carbocycles. The van der Waals surface area contributed by atoms with Crippen LogP contribution >= 0.6 is 0 Å². The van der Waals surface area contributed by atoms with Crippen LogP contribution in [0.25, 0.3) is 0 Å². The van der Waals surface area contributed by atoms with Gasteiger partial charge in [-0.05, 0) is 37.8 Å². The summed E-state index contributed by atoms with van der Waals surface area (Å²) >= 11 is 0. The smallest absolute Gasteiger partial charge is 0.431 e. The summed E-state index contributed by atoms with van der Waals surface area (Å²) in [6, 6.07) is 0. The third-order valence-electron chi connectivity index (χ3n) is 3.34. The van der Waals surface area contributed by atoms with E-state index < -0.39 is 12.4 Å². The van der Waals surface area contributed by atoms with E-state index in [4.69, 9.17) is 9.47 Å². The average Bonchev–Trinajstić information content (AvgIpc) is 2.71. The van der Waals surface area contributed by atoms with Crippen LogP contribution in [0.3, 0.4) is 0 Å². The van der Waals surface area contributed by atoms with E-state index in [0.29, 0.717) is 5.82 Å². The number of hydrogen-bond donors (Lipinski definition) is 0. The standard InChI is InChI=1S/C12H20N4O3/c1-9-13-14-16(15(9)3)10(2)18-12(17)19-11-7-5-4-6-8-11/h10-11H,1,4-8H2,2-3H3. The lowest BCUT2D eigenvalue weighted by atomic mass is 9.98. The summed E-state index contributed by atoms with van der Waals surface area (Å²) in [6.07, 6.45) is 4.03. The molecule has 0 aromatic rings. The number of hydrazine groups is 1. The number of rotatable bonds is 3. The second-order valence-corrected chi connectivity index (χ2v) is 4.79. The maximum absolute atomic E-state index is 11.7. The molecule has 1 heterocycles. The van der Waals surface area contributed by atoms with Gasteiger partial charge < -0.3 is 9.47 Å². The molecule has 0 saturated heterocycles. The zero-order valence-corrected chi connectivity index (χ0v) is 11.4. The Hall–Kier alpha value is -1.79. The normalized spacial score (nSPS) is 21.7. The highest BCUT2D eigenvalue weighted by molar-refractivity contribution is 5.60. The van der Waals surface area contributed by atoms with Gasteiger partial charge in [0.1, 0.15) is 6.10 Å². The van der Waals surface area contributed by atoms with Crippen LogP contribution in [0.4, 0.5) is 4.79 Å². The predicted molar refractivity (Wildman–Crippen MR) is 67.5 cm³/mol. The molecule has 1 unspecified atom stereocenters. The number of ether oxygens (including phenoxy) is 2. The monoisotopic (exact) mass is 268 g/mol. The van der Waals surface area contributed by atoms with Gasteiger partial charge in [-0.15, -0.1) is 10.2 Å². The second-order valence-electron chi connectivity index (χ2n) is 4.79. The minimum absolute atomic E-state index is 0.0126. The van der Waals surface area contributed by atoms with Gasteiger partial charge in [0, 0.05) is 7.05 Å². The van der Waals surface area contributed by atoms with E-state index in [9.17, 15) is 4.79 Å². The van der Waals surface area contributed by atoms with E-state index in [0.717, 1.165) is 25.7 Å². The van der Waals surface area contributed by atoms with Gasteiger partial charge >= 0.3 is 6.16 Å². The summed E-state index contributed by atoms with van der Waals surface area (Å²) in [4.78, 5) is 11.7. The molecule has 0 aromatic carbocycles. The molecule has 0 spiro atoms. The Labute approximate surface area is 112 Å². The Morgan fingerprint density at radius 3 is 2.68 bits per heavy atom. The highest BCUT2D eigenvalue weighted by Crippen LogP contribution is 2.22. The molecule has 19 heavy (non-hydrogen) atoms. The average molecular weight is 268 g/mol. The number of carbonyl (C=O) groups is 1. The van der Waals surface area contributed by atoms with E-state index >= 15 is 0 Å². The molecule has 1 atom stereocenters. The van der Waals surface area contributed by atoms with Gasteiger partial charge in [-0.3, -0.25) is 0 Å². The van der Waals surface area contributed by atoms with Gasteiger partial charge in [0.2, 0.25) is 6.23 Å². The lowest BCUT2D eigenvalue weighted by Gasteiger charge is -2.28. The molecule has 0 amide bonds. The highest BCUT2D eigenvalue weighted by atomic mass is 16.7. The van der Waals surface area contributed by atoms with Crippen LogP contribution in [0, 0.1) is 0 Å². The van der Waals surface area contributed by atoms with Gasteiger partial charge in [-0.25, -0.2) is 9.80 Å². The Kier molecular flexibility index (Phi) is 4.24. The molecule has 1 fully saturated rings. The molecule has 1 aliphatic heterocycles. The van der Waals surface area contributed by atoms with Gasteiger partial charge in [0.15, 0.2) is 5.82 Å². The summed E-state index contributed by atoms with van der Waals surface area (Å²) in [7, 11) is 1.74. The zero-order chi connectivity index (χ0) is 13.8. The molecule has 0 radical (unpaired) electrons. The third-order valence-corrected chi connectivity index (χ3v) is 3.34. The molecule has 106 valence electrons. The molecule has 0 bridgehead atoms. The van der Waals surface area contributed by atoms with Crippen LogP contribution in [-0.4, -0.2) is 35.7 Å². The summed E-state index contributed by atoms with van der Waals surface area (Å²) in [6.45, 7) is 5.40. The molecule has 7 nitrogen and oxygen atoms in total. The first-order chi connectivity index (χ1) is 9.08. The van der Waals surface area contributed by atoms with Crippen molar-refractivity contribution in [1.82, 2.24) is 10.1 Å². The Morgan fingerprint density at radius 2 is 2.11 bits per heavy atom. The molecule has 1 saturated carbocycles. The van der Waals surface area contributed by atoms with E-state index in [-0.39, 0.29) is 6.10 Å². The van der Waals surface area contributed by atoms with Crippen molar-refractivity contribution in [3.63, 3.8) is 0 Å². The molecular formula is C12H20N4O3. The minimum Gasteiger partial charge on any atom is -0.431 e. The van der Waals surface area contributed by atoms with Crippen molar-refractivity contribution in [2.24, 2.45) is 10.3 Å². The quantitative estimate of drug-likeness (QED) is 0.736. The Morgan fingerprint density at radius 1 is 1.42 bits per heavy atom. The van der Waals surface area contributed by atoms with Crippen molar-refractivity contribution in [2.45, 2.75) is 51.4 Å². The molecule has 0 aromatic heterocycles. The van der Waals surface area contributed by atoms with Crippen LogP contribution in [0.1, 0.15) is 39.0 Å². The maximum atomic E-state index is 11.7. The summed E-state index contributed by atoms with van der Waals surface area (Å²) in [5.41, 5.74) is 0. The lowest BCUT2D eigenvalue weighted by molar-refractivity contribution is -0.114. The molecular weight excluding hydrogens is 248 g/mol. The van der Waals surface area contributed by atoms with Gasteiger partial charge in [0.05, 0.1) is 0 Å². The Balaban J connectivity index is 1.78. The van der Waals surface area contributed by atoms with Crippen molar-refractivity contribution in [1.29, 1.82) is 0 Å².